The van der Waals surface area contributed by atoms with Gasteiger partial charge in [0.2, 0.25) is 0 Å². The molecule has 0 aromatic heterocycles. The van der Waals surface area contributed by atoms with Crippen LogP contribution in [0, 0.1) is 5.82 Å². The first kappa shape index (κ1) is 15.8. The number of nitrogens with zero attached hydrogens (tertiary/aromatic N) is 1. The molecule has 0 radical (unpaired) electrons. The average molecular weight is 344 g/mol. The lowest BCUT2D eigenvalue weighted by Crippen LogP contribution is -2.58. The van der Waals surface area contributed by atoms with E-state index in [1.165, 1.54) is 27.8 Å². The molecule has 2 heteroatoms. The second-order valence-electron chi connectivity index (χ2n) is 8.09. The quantitative estimate of drug-likeness (QED) is 0.550. The van der Waals surface area contributed by atoms with Crippen molar-refractivity contribution in [1.82, 2.24) is 0 Å². The second-order valence-corrected chi connectivity index (χ2v) is 8.09. The standard InChI is InChI=1S/C24H23FN/c1-24-21-9-5-3-7-18(21)15-23(20-8-4-6-10-22(20)24)26(24,2)16-17-11-13-19(25)14-12-17/h3-14,23H,15-16H2,1-2H3/q+1/t23-,24+,26+/m0/s1. The molecule has 0 fully saturated rings. The highest BCUT2D eigenvalue weighted by Gasteiger charge is 2.62. The molecule has 2 aliphatic heterocycles. The zero-order chi connectivity index (χ0) is 17.9. The molecule has 0 saturated heterocycles. The van der Waals surface area contributed by atoms with Crippen molar-refractivity contribution in [1.29, 1.82) is 0 Å². The van der Waals surface area contributed by atoms with E-state index < -0.39 is 0 Å². The normalized spacial score (nSPS) is 28.5. The maximum absolute atomic E-state index is 13.4. The van der Waals surface area contributed by atoms with Crippen LogP contribution in [-0.2, 0) is 18.5 Å². The van der Waals surface area contributed by atoms with Crippen molar-refractivity contribution in [2.45, 2.75) is 31.5 Å². The molecule has 0 unspecified atom stereocenters. The molecule has 2 heterocycles. The third-order valence-corrected chi connectivity index (χ3v) is 6.93. The Balaban J connectivity index is 1.73. The molecule has 0 aliphatic carbocycles. The van der Waals surface area contributed by atoms with Crippen LogP contribution in [-0.4, -0.2) is 11.5 Å². The zero-order valence-corrected chi connectivity index (χ0v) is 15.2. The van der Waals surface area contributed by atoms with Crippen LogP contribution in [0.15, 0.2) is 72.8 Å². The highest BCUT2D eigenvalue weighted by atomic mass is 19.1. The van der Waals surface area contributed by atoms with E-state index in [4.69, 9.17) is 0 Å². The van der Waals surface area contributed by atoms with Crippen LogP contribution >= 0.6 is 0 Å². The van der Waals surface area contributed by atoms with Crippen LogP contribution in [0.1, 0.15) is 40.8 Å². The molecule has 1 nitrogen and oxygen atoms in total. The smallest absolute Gasteiger partial charge is 0.149 e. The van der Waals surface area contributed by atoms with Crippen LogP contribution in [0.25, 0.3) is 0 Å². The Kier molecular flexibility index (Phi) is 3.20. The lowest BCUT2D eigenvalue weighted by Gasteiger charge is -2.52. The number of halogens is 1. The van der Waals surface area contributed by atoms with Crippen LogP contribution in [0.5, 0.6) is 0 Å². The van der Waals surface area contributed by atoms with Crippen LogP contribution in [0.4, 0.5) is 4.39 Å². The summed E-state index contributed by atoms with van der Waals surface area (Å²) in [6.45, 7) is 3.29. The van der Waals surface area contributed by atoms with Crippen LogP contribution in [0.3, 0.4) is 0 Å². The number of fused-ring (bicyclic) bond motifs is 7. The minimum absolute atomic E-state index is 0.0928. The van der Waals surface area contributed by atoms with Crippen molar-refractivity contribution in [3.05, 3.63) is 106 Å². The monoisotopic (exact) mass is 344 g/mol. The predicted octanol–water partition coefficient (Wildman–Crippen LogP) is 5.35. The van der Waals surface area contributed by atoms with Gasteiger partial charge in [-0.2, -0.15) is 0 Å². The van der Waals surface area contributed by atoms with Gasteiger partial charge in [0.1, 0.15) is 23.9 Å². The molecule has 2 aliphatic rings. The fraction of sp³-hybridized carbons (Fsp3) is 0.250. The SMILES string of the molecule is C[C@@]12c3ccccc3C[C@@H](c3ccccc31)[N@@+]2(C)Cc1ccc(F)cc1. The fourth-order valence-corrected chi connectivity index (χ4v) is 5.48. The topological polar surface area (TPSA) is 0 Å². The molecule has 130 valence electrons. The summed E-state index contributed by atoms with van der Waals surface area (Å²) in [6.07, 6.45) is 1.06. The van der Waals surface area contributed by atoms with Crippen molar-refractivity contribution in [2.75, 3.05) is 7.05 Å². The molecule has 3 aromatic carbocycles. The maximum atomic E-state index is 13.4. The van der Waals surface area contributed by atoms with E-state index in [1.54, 1.807) is 12.1 Å². The van der Waals surface area contributed by atoms with Gasteiger partial charge in [0.05, 0.1) is 7.05 Å². The molecule has 26 heavy (non-hydrogen) atoms. The van der Waals surface area contributed by atoms with Gasteiger partial charge in [0, 0.05) is 28.7 Å². The molecule has 3 aromatic rings. The number of quaternary nitrogens is 1. The van der Waals surface area contributed by atoms with Crippen molar-refractivity contribution in [2.24, 2.45) is 0 Å². The summed E-state index contributed by atoms with van der Waals surface area (Å²) < 4.78 is 14.3. The van der Waals surface area contributed by atoms with Crippen molar-refractivity contribution in [3.63, 3.8) is 0 Å². The summed E-state index contributed by atoms with van der Waals surface area (Å²) in [5, 5.41) is 0. The largest absolute Gasteiger partial charge is 0.304 e. The van der Waals surface area contributed by atoms with Gasteiger partial charge in [-0.05, 0) is 24.6 Å². The van der Waals surface area contributed by atoms with E-state index in [0.717, 1.165) is 17.4 Å². The third-order valence-electron chi connectivity index (χ3n) is 6.93. The zero-order valence-electron chi connectivity index (χ0n) is 15.2. The van der Waals surface area contributed by atoms with Crippen molar-refractivity contribution >= 4 is 0 Å². The summed E-state index contributed by atoms with van der Waals surface area (Å²) in [5.74, 6) is -0.169. The van der Waals surface area contributed by atoms with Gasteiger partial charge in [-0.3, -0.25) is 0 Å². The van der Waals surface area contributed by atoms with Crippen molar-refractivity contribution in [3.8, 4) is 0 Å². The van der Waals surface area contributed by atoms with E-state index in [0.29, 0.717) is 6.04 Å². The number of hydrogen-bond donors (Lipinski definition) is 0. The highest BCUT2D eigenvalue weighted by molar-refractivity contribution is 5.51. The van der Waals surface area contributed by atoms with Gasteiger partial charge in [-0.25, -0.2) is 4.39 Å². The Bertz CT molecular complexity index is 980. The summed E-state index contributed by atoms with van der Waals surface area (Å²) >= 11 is 0. The summed E-state index contributed by atoms with van der Waals surface area (Å²) in [6, 6.07) is 25.3. The number of benzene rings is 3. The van der Waals surface area contributed by atoms with Gasteiger partial charge < -0.3 is 4.48 Å². The van der Waals surface area contributed by atoms with Crippen LogP contribution < -0.4 is 0 Å². The number of hydrogen-bond acceptors (Lipinski definition) is 0. The summed E-state index contributed by atoms with van der Waals surface area (Å²) in [5.41, 5.74) is 6.91. The molecule has 0 amide bonds. The minimum Gasteiger partial charge on any atom is -0.304 e. The Morgan fingerprint density at radius 2 is 1.58 bits per heavy atom. The lowest BCUT2D eigenvalue weighted by atomic mass is 9.78. The Morgan fingerprint density at radius 3 is 2.35 bits per heavy atom. The van der Waals surface area contributed by atoms with E-state index in [9.17, 15) is 4.39 Å². The van der Waals surface area contributed by atoms with Gasteiger partial charge in [-0.1, -0.05) is 60.7 Å². The third kappa shape index (κ3) is 1.88. The van der Waals surface area contributed by atoms with E-state index in [2.05, 4.69) is 62.5 Å². The lowest BCUT2D eigenvalue weighted by molar-refractivity contribution is -0.993. The first-order chi connectivity index (χ1) is 12.5. The average Bonchev–Trinajstić information content (AvgIpc) is 2.76. The molecule has 0 saturated carbocycles. The molecule has 2 bridgehead atoms. The van der Waals surface area contributed by atoms with Gasteiger partial charge in [-0.15, -0.1) is 0 Å². The second kappa shape index (κ2) is 5.28. The van der Waals surface area contributed by atoms with Crippen LogP contribution in [0.2, 0.25) is 0 Å². The maximum Gasteiger partial charge on any atom is 0.149 e. The molecule has 3 atom stereocenters. The summed E-state index contributed by atoms with van der Waals surface area (Å²) in [7, 11) is 2.38. The summed E-state index contributed by atoms with van der Waals surface area (Å²) in [4.78, 5) is 0. The Morgan fingerprint density at radius 1 is 0.923 bits per heavy atom. The molecule has 5 rings (SSSR count). The van der Waals surface area contributed by atoms with Gasteiger partial charge in [0.25, 0.3) is 0 Å². The highest BCUT2D eigenvalue weighted by Crippen LogP contribution is 2.60. The molecular weight excluding hydrogens is 321 g/mol. The first-order valence-corrected chi connectivity index (χ1v) is 9.31. The molecule has 0 spiro atoms. The van der Waals surface area contributed by atoms with E-state index in [-0.39, 0.29) is 11.4 Å². The molecule has 0 N–H and O–H groups in total. The van der Waals surface area contributed by atoms with E-state index in [1.807, 2.05) is 12.1 Å². The molecular formula is C24H23FN+. The van der Waals surface area contributed by atoms with E-state index >= 15 is 0 Å². The fourth-order valence-electron chi connectivity index (χ4n) is 5.48. The van der Waals surface area contributed by atoms with Crippen molar-refractivity contribution < 1.29 is 8.87 Å². The number of rotatable bonds is 2. The number of likely N-dealkylation sites (N-methyl/N-ethyl adjacent to an activating group) is 1. The van der Waals surface area contributed by atoms with Gasteiger partial charge >= 0.3 is 0 Å². The Labute approximate surface area is 154 Å². The predicted molar refractivity (Wildman–Crippen MR) is 102 cm³/mol. The minimum atomic E-state index is -0.169. The van der Waals surface area contributed by atoms with Gasteiger partial charge in [0.15, 0.2) is 0 Å². The Hall–Kier alpha value is -2.45. The first-order valence-electron chi connectivity index (χ1n) is 9.31.